The van der Waals surface area contributed by atoms with Gasteiger partial charge in [0, 0.05) is 12.6 Å². The van der Waals surface area contributed by atoms with Crippen LogP contribution >= 0.6 is 0 Å². The van der Waals surface area contributed by atoms with Gasteiger partial charge in [-0.05, 0) is 56.0 Å². The SMILES string of the molecule is CCC(C(=O)NC1CCCC1)N(Cc1ccc(F)cc1)C(=O)CN(c1ccc(C)cc1)S(C)(=O)=O. The van der Waals surface area contributed by atoms with Crippen molar-refractivity contribution in [2.45, 2.75) is 64.6 Å². The van der Waals surface area contributed by atoms with E-state index in [1.807, 2.05) is 13.8 Å². The second-order valence-electron chi connectivity index (χ2n) is 9.17. The normalized spacial score (nSPS) is 15.0. The second kappa shape index (κ2) is 11.7. The van der Waals surface area contributed by atoms with Crippen LogP contribution in [0.3, 0.4) is 0 Å². The first-order valence-corrected chi connectivity index (χ1v) is 13.8. The zero-order valence-electron chi connectivity index (χ0n) is 20.5. The number of hydrogen-bond acceptors (Lipinski definition) is 4. The van der Waals surface area contributed by atoms with Crippen LogP contribution in [0.1, 0.15) is 50.2 Å². The summed E-state index contributed by atoms with van der Waals surface area (Å²) in [6.07, 6.45) is 5.33. The van der Waals surface area contributed by atoms with Crippen LogP contribution in [0.5, 0.6) is 0 Å². The Hall–Kier alpha value is -2.94. The highest BCUT2D eigenvalue weighted by molar-refractivity contribution is 7.92. The summed E-state index contributed by atoms with van der Waals surface area (Å²) >= 11 is 0. The molecule has 1 fully saturated rings. The summed E-state index contributed by atoms with van der Waals surface area (Å²) < 4.78 is 39.7. The number of carbonyl (C=O) groups is 2. The largest absolute Gasteiger partial charge is 0.352 e. The number of hydrogen-bond donors (Lipinski definition) is 1. The van der Waals surface area contributed by atoms with E-state index in [-0.39, 0.29) is 18.5 Å². The van der Waals surface area contributed by atoms with Gasteiger partial charge >= 0.3 is 0 Å². The van der Waals surface area contributed by atoms with E-state index in [0.717, 1.165) is 41.8 Å². The summed E-state index contributed by atoms with van der Waals surface area (Å²) in [4.78, 5) is 28.2. The van der Waals surface area contributed by atoms with Gasteiger partial charge in [-0.1, -0.05) is 49.6 Å². The number of sulfonamides is 1. The maximum absolute atomic E-state index is 13.6. The Balaban J connectivity index is 1.90. The Kier molecular flexibility index (Phi) is 8.88. The minimum Gasteiger partial charge on any atom is -0.352 e. The van der Waals surface area contributed by atoms with E-state index in [2.05, 4.69) is 5.32 Å². The molecular formula is C26H34FN3O4S. The molecule has 0 heterocycles. The van der Waals surface area contributed by atoms with E-state index in [9.17, 15) is 22.4 Å². The number of nitrogens with one attached hydrogen (secondary N) is 1. The zero-order valence-corrected chi connectivity index (χ0v) is 21.4. The summed E-state index contributed by atoms with van der Waals surface area (Å²) in [5, 5.41) is 3.06. The molecule has 1 atom stereocenters. The number of benzene rings is 2. The average Bonchev–Trinajstić information content (AvgIpc) is 3.31. The van der Waals surface area contributed by atoms with Crippen LogP contribution in [0.2, 0.25) is 0 Å². The van der Waals surface area contributed by atoms with Crippen LogP contribution in [0.15, 0.2) is 48.5 Å². The van der Waals surface area contributed by atoms with Crippen molar-refractivity contribution in [1.29, 1.82) is 0 Å². The van der Waals surface area contributed by atoms with E-state index in [1.165, 1.54) is 17.0 Å². The third kappa shape index (κ3) is 7.27. The lowest BCUT2D eigenvalue weighted by atomic mass is 10.1. The van der Waals surface area contributed by atoms with Gasteiger partial charge in [-0.25, -0.2) is 12.8 Å². The van der Waals surface area contributed by atoms with Crippen molar-refractivity contribution in [2.75, 3.05) is 17.1 Å². The quantitative estimate of drug-likeness (QED) is 0.535. The molecule has 190 valence electrons. The summed E-state index contributed by atoms with van der Waals surface area (Å²) in [7, 11) is -3.77. The maximum atomic E-state index is 13.6. The number of nitrogens with zero attached hydrogens (tertiary/aromatic N) is 2. The minimum atomic E-state index is -3.77. The number of halogens is 1. The molecule has 2 aromatic carbocycles. The first-order chi connectivity index (χ1) is 16.6. The van der Waals surface area contributed by atoms with E-state index in [1.54, 1.807) is 36.4 Å². The van der Waals surface area contributed by atoms with Crippen LogP contribution in [0, 0.1) is 12.7 Å². The summed E-state index contributed by atoms with van der Waals surface area (Å²) in [5.41, 5.74) is 1.98. The first-order valence-electron chi connectivity index (χ1n) is 12.0. The van der Waals surface area contributed by atoms with Gasteiger partial charge < -0.3 is 10.2 Å². The highest BCUT2D eigenvalue weighted by Crippen LogP contribution is 2.22. The van der Waals surface area contributed by atoms with E-state index < -0.39 is 34.3 Å². The molecule has 35 heavy (non-hydrogen) atoms. The van der Waals surface area contributed by atoms with E-state index in [0.29, 0.717) is 17.7 Å². The van der Waals surface area contributed by atoms with Gasteiger partial charge in [-0.15, -0.1) is 0 Å². The van der Waals surface area contributed by atoms with Crippen molar-refractivity contribution in [2.24, 2.45) is 0 Å². The standard InChI is InChI=1S/C26H34FN3O4S/c1-4-24(26(32)28-22-7-5-6-8-22)29(17-20-11-13-21(27)14-12-20)25(31)18-30(35(3,33)34)23-15-9-19(2)10-16-23/h9-16,22,24H,4-8,17-18H2,1-3H3,(H,28,32). The van der Waals surface area contributed by atoms with Gasteiger partial charge in [0.05, 0.1) is 11.9 Å². The molecule has 0 bridgehead atoms. The smallest absolute Gasteiger partial charge is 0.244 e. The van der Waals surface area contributed by atoms with Crippen LogP contribution in [0.4, 0.5) is 10.1 Å². The van der Waals surface area contributed by atoms with Crippen LogP contribution in [-0.2, 0) is 26.2 Å². The molecule has 2 aromatic rings. The van der Waals surface area contributed by atoms with E-state index in [4.69, 9.17) is 0 Å². The highest BCUT2D eigenvalue weighted by Gasteiger charge is 2.33. The molecule has 1 unspecified atom stereocenters. The lowest BCUT2D eigenvalue weighted by Gasteiger charge is -2.33. The van der Waals surface area contributed by atoms with Gasteiger partial charge in [0.15, 0.2) is 0 Å². The Morgan fingerprint density at radius 3 is 2.20 bits per heavy atom. The topological polar surface area (TPSA) is 86.8 Å². The summed E-state index contributed by atoms with van der Waals surface area (Å²) in [6.45, 7) is 3.31. The van der Waals surface area contributed by atoms with Crippen LogP contribution < -0.4 is 9.62 Å². The highest BCUT2D eigenvalue weighted by atomic mass is 32.2. The molecule has 2 amide bonds. The fourth-order valence-corrected chi connectivity index (χ4v) is 5.25. The van der Waals surface area contributed by atoms with Crippen molar-refractivity contribution < 1.29 is 22.4 Å². The third-order valence-corrected chi connectivity index (χ3v) is 7.50. The third-order valence-electron chi connectivity index (χ3n) is 6.35. The molecule has 7 nitrogen and oxygen atoms in total. The molecule has 3 rings (SSSR count). The molecule has 1 saturated carbocycles. The molecule has 1 aliphatic carbocycles. The number of rotatable bonds is 10. The van der Waals surface area contributed by atoms with Gasteiger partial charge in [0.1, 0.15) is 18.4 Å². The summed E-state index contributed by atoms with van der Waals surface area (Å²) in [5.74, 6) is -1.16. The van der Waals surface area contributed by atoms with Crippen molar-refractivity contribution in [1.82, 2.24) is 10.2 Å². The molecular weight excluding hydrogens is 469 g/mol. The maximum Gasteiger partial charge on any atom is 0.244 e. The average molecular weight is 504 g/mol. The number of anilines is 1. The predicted octanol–water partition coefficient (Wildman–Crippen LogP) is 3.77. The molecule has 1 aliphatic rings. The molecule has 0 radical (unpaired) electrons. The Labute approximate surface area is 207 Å². The van der Waals surface area contributed by atoms with Crippen molar-refractivity contribution >= 4 is 27.5 Å². The number of carbonyl (C=O) groups excluding carboxylic acids is 2. The number of amides is 2. The van der Waals surface area contributed by atoms with Gasteiger partial charge in [-0.2, -0.15) is 0 Å². The lowest BCUT2D eigenvalue weighted by Crippen LogP contribution is -2.53. The molecule has 0 aliphatic heterocycles. The van der Waals surface area contributed by atoms with Crippen LogP contribution in [-0.4, -0.2) is 50.0 Å². The van der Waals surface area contributed by atoms with Crippen molar-refractivity contribution in [3.8, 4) is 0 Å². The molecule has 1 N–H and O–H groups in total. The Morgan fingerprint density at radius 1 is 1.06 bits per heavy atom. The predicted molar refractivity (Wildman–Crippen MR) is 135 cm³/mol. The molecule has 0 saturated heterocycles. The van der Waals surface area contributed by atoms with Crippen LogP contribution in [0.25, 0.3) is 0 Å². The fourth-order valence-electron chi connectivity index (χ4n) is 4.40. The monoisotopic (exact) mass is 503 g/mol. The van der Waals surface area contributed by atoms with E-state index >= 15 is 0 Å². The van der Waals surface area contributed by atoms with Gasteiger partial charge in [0.25, 0.3) is 0 Å². The zero-order chi connectivity index (χ0) is 25.6. The van der Waals surface area contributed by atoms with Gasteiger partial charge in [0.2, 0.25) is 21.8 Å². The lowest BCUT2D eigenvalue weighted by molar-refractivity contribution is -0.140. The minimum absolute atomic E-state index is 0.0568. The molecule has 9 heteroatoms. The Bertz CT molecular complexity index is 1110. The molecule has 0 aromatic heterocycles. The molecule has 0 spiro atoms. The van der Waals surface area contributed by atoms with Gasteiger partial charge in [-0.3, -0.25) is 13.9 Å². The van der Waals surface area contributed by atoms with Crippen molar-refractivity contribution in [3.63, 3.8) is 0 Å². The fraction of sp³-hybridized carbons (Fsp3) is 0.462. The van der Waals surface area contributed by atoms with Crippen molar-refractivity contribution in [3.05, 3.63) is 65.5 Å². The first kappa shape index (κ1) is 26.7. The number of aryl methyl sites for hydroxylation is 1. The second-order valence-corrected chi connectivity index (χ2v) is 11.1. The Morgan fingerprint density at radius 2 is 1.66 bits per heavy atom. The summed E-state index contributed by atoms with van der Waals surface area (Å²) in [6, 6.07) is 11.9.